The molecule has 2 rings (SSSR count). The highest BCUT2D eigenvalue weighted by Crippen LogP contribution is 2.33. The third kappa shape index (κ3) is 2.40. The summed E-state index contributed by atoms with van der Waals surface area (Å²) in [5, 5.41) is 19.3. The van der Waals surface area contributed by atoms with Crippen molar-refractivity contribution < 1.29 is 23.1 Å². The van der Waals surface area contributed by atoms with E-state index in [2.05, 4.69) is 5.10 Å². The number of carbonyl (C=O) groups is 1. The van der Waals surface area contributed by atoms with Crippen LogP contribution in [0.4, 0.5) is 13.2 Å². The van der Waals surface area contributed by atoms with Crippen molar-refractivity contribution in [3.05, 3.63) is 47.3 Å². The van der Waals surface area contributed by atoms with Gasteiger partial charge in [0, 0.05) is 6.21 Å². The number of hydrogen-bond acceptors (Lipinski definition) is 3. The smallest absolute Gasteiger partial charge is 0.434 e. The maximum Gasteiger partial charge on any atom is 0.434 e. The predicted molar refractivity (Wildman–Crippen MR) is 63.4 cm³/mol. The van der Waals surface area contributed by atoms with Gasteiger partial charge in [-0.25, -0.2) is 9.48 Å². The number of aromatic carboxylic acids is 1. The van der Waals surface area contributed by atoms with Gasteiger partial charge in [0.15, 0.2) is 5.69 Å². The van der Waals surface area contributed by atoms with E-state index in [1.54, 1.807) is 0 Å². The first-order chi connectivity index (χ1) is 9.34. The van der Waals surface area contributed by atoms with E-state index in [4.69, 9.17) is 10.5 Å². The molecule has 0 saturated heterocycles. The van der Waals surface area contributed by atoms with Crippen molar-refractivity contribution in [1.82, 2.24) is 9.78 Å². The SMILES string of the molecule is N=Cc1ccc(-n2ncc(C(=O)O)c2C(F)(F)F)cc1. The number of carboxylic acid groups (broad SMARTS) is 1. The number of nitrogens with zero attached hydrogens (tertiary/aromatic N) is 2. The van der Waals surface area contributed by atoms with Crippen molar-refractivity contribution in [1.29, 1.82) is 5.41 Å². The molecule has 1 aromatic heterocycles. The molecule has 2 N–H and O–H groups in total. The second-order valence-electron chi connectivity index (χ2n) is 3.86. The van der Waals surface area contributed by atoms with Crippen molar-refractivity contribution in [2.75, 3.05) is 0 Å². The van der Waals surface area contributed by atoms with Crippen molar-refractivity contribution in [2.45, 2.75) is 6.18 Å². The van der Waals surface area contributed by atoms with E-state index in [1.807, 2.05) is 0 Å². The molecule has 0 atom stereocenters. The predicted octanol–water partition coefficient (Wildman–Crippen LogP) is 2.59. The van der Waals surface area contributed by atoms with Crippen molar-refractivity contribution in [2.24, 2.45) is 0 Å². The number of alkyl halides is 3. The van der Waals surface area contributed by atoms with Crippen LogP contribution in [0.2, 0.25) is 0 Å². The zero-order valence-corrected chi connectivity index (χ0v) is 9.85. The van der Waals surface area contributed by atoms with Crippen LogP contribution in [0.25, 0.3) is 5.69 Å². The molecule has 0 aliphatic heterocycles. The van der Waals surface area contributed by atoms with Gasteiger partial charge in [-0.15, -0.1) is 0 Å². The van der Waals surface area contributed by atoms with Crippen molar-refractivity contribution in [3.63, 3.8) is 0 Å². The molecule has 0 bridgehead atoms. The molecule has 0 fully saturated rings. The fourth-order valence-electron chi connectivity index (χ4n) is 1.69. The van der Waals surface area contributed by atoms with Crippen LogP contribution in [0, 0.1) is 5.41 Å². The molecule has 0 aliphatic rings. The van der Waals surface area contributed by atoms with Gasteiger partial charge in [-0.3, -0.25) is 0 Å². The quantitative estimate of drug-likeness (QED) is 0.850. The minimum Gasteiger partial charge on any atom is -0.478 e. The topological polar surface area (TPSA) is 79.0 Å². The number of hydrogen-bond donors (Lipinski definition) is 2. The van der Waals surface area contributed by atoms with Gasteiger partial charge in [-0.2, -0.15) is 18.3 Å². The molecule has 104 valence electrons. The highest BCUT2D eigenvalue weighted by molar-refractivity contribution is 5.89. The van der Waals surface area contributed by atoms with Crippen molar-refractivity contribution >= 4 is 12.2 Å². The molecule has 20 heavy (non-hydrogen) atoms. The molecule has 1 heterocycles. The molecule has 0 radical (unpaired) electrons. The lowest BCUT2D eigenvalue weighted by Gasteiger charge is -2.11. The molecule has 1 aromatic carbocycles. The Morgan fingerprint density at radius 3 is 2.35 bits per heavy atom. The summed E-state index contributed by atoms with van der Waals surface area (Å²) in [7, 11) is 0. The molecule has 0 spiro atoms. The summed E-state index contributed by atoms with van der Waals surface area (Å²) in [6.07, 6.45) is -3.14. The van der Waals surface area contributed by atoms with Crippen LogP contribution in [0.15, 0.2) is 30.5 Å². The number of benzene rings is 1. The van der Waals surface area contributed by atoms with E-state index in [0.717, 1.165) is 6.21 Å². The lowest BCUT2D eigenvalue weighted by molar-refractivity contribution is -0.143. The third-order valence-corrected chi connectivity index (χ3v) is 2.57. The molecule has 0 amide bonds. The van der Waals surface area contributed by atoms with Gasteiger partial charge in [0.05, 0.1) is 11.9 Å². The molecule has 0 aliphatic carbocycles. The zero-order chi connectivity index (χ0) is 14.9. The van der Waals surface area contributed by atoms with E-state index in [1.165, 1.54) is 24.3 Å². The van der Waals surface area contributed by atoms with Gasteiger partial charge in [-0.1, -0.05) is 12.1 Å². The van der Waals surface area contributed by atoms with Gasteiger partial charge >= 0.3 is 12.1 Å². The van der Waals surface area contributed by atoms with Crippen molar-refractivity contribution in [3.8, 4) is 5.69 Å². The van der Waals surface area contributed by atoms with Crippen LogP contribution in [0.3, 0.4) is 0 Å². The van der Waals surface area contributed by atoms with Crippen LogP contribution < -0.4 is 0 Å². The van der Waals surface area contributed by atoms with E-state index < -0.39 is 23.4 Å². The standard InChI is InChI=1S/C12H8F3N3O2/c13-12(14,15)10-9(11(19)20)6-17-18(10)8-3-1-7(5-16)2-4-8/h1-6,16H,(H,19,20). The number of nitrogens with one attached hydrogen (secondary N) is 1. The van der Waals surface area contributed by atoms with E-state index in [0.29, 0.717) is 16.4 Å². The summed E-state index contributed by atoms with van der Waals surface area (Å²) in [5.41, 5.74) is -1.68. The second-order valence-corrected chi connectivity index (χ2v) is 3.86. The summed E-state index contributed by atoms with van der Waals surface area (Å²) in [5.74, 6) is -1.69. The number of rotatable bonds is 3. The average molecular weight is 283 g/mol. The Bertz CT molecular complexity index is 660. The Balaban J connectivity index is 2.61. The summed E-state index contributed by atoms with van der Waals surface area (Å²) in [4.78, 5) is 10.8. The number of halogens is 3. The minimum absolute atomic E-state index is 0.0652. The maximum absolute atomic E-state index is 13.0. The number of carboxylic acids is 1. The van der Waals surface area contributed by atoms with Crippen LogP contribution in [0.5, 0.6) is 0 Å². The Labute approximate surface area is 110 Å². The maximum atomic E-state index is 13.0. The fourth-order valence-corrected chi connectivity index (χ4v) is 1.69. The highest BCUT2D eigenvalue weighted by Gasteiger charge is 2.40. The van der Waals surface area contributed by atoms with Gasteiger partial charge < -0.3 is 10.5 Å². The largest absolute Gasteiger partial charge is 0.478 e. The molecule has 8 heteroatoms. The van der Waals surface area contributed by atoms with Crippen LogP contribution in [-0.2, 0) is 6.18 Å². The Hall–Kier alpha value is -2.64. The van der Waals surface area contributed by atoms with E-state index >= 15 is 0 Å². The van der Waals surface area contributed by atoms with Gasteiger partial charge in [0.1, 0.15) is 5.56 Å². The second kappa shape index (κ2) is 4.80. The molecule has 2 aromatic rings. The van der Waals surface area contributed by atoms with Crippen LogP contribution >= 0.6 is 0 Å². The normalized spacial score (nSPS) is 11.3. The van der Waals surface area contributed by atoms with Gasteiger partial charge in [0.25, 0.3) is 0 Å². The fraction of sp³-hybridized carbons (Fsp3) is 0.0833. The molecule has 5 nitrogen and oxygen atoms in total. The van der Waals surface area contributed by atoms with Crippen LogP contribution in [-0.4, -0.2) is 27.1 Å². The minimum atomic E-state index is -4.84. The Morgan fingerprint density at radius 1 is 1.30 bits per heavy atom. The summed E-state index contributed by atoms with van der Waals surface area (Å²) >= 11 is 0. The van der Waals surface area contributed by atoms with E-state index in [9.17, 15) is 18.0 Å². The zero-order valence-electron chi connectivity index (χ0n) is 9.85. The molecular weight excluding hydrogens is 275 g/mol. The summed E-state index contributed by atoms with van der Waals surface area (Å²) in [6.45, 7) is 0. The first-order valence-electron chi connectivity index (χ1n) is 5.34. The first kappa shape index (κ1) is 13.8. The molecule has 0 unspecified atom stereocenters. The van der Waals surface area contributed by atoms with Gasteiger partial charge in [0.2, 0.25) is 0 Å². The van der Waals surface area contributed by atoms with E-state index in [-0.39, 0.29) is 5.69 Å². The Kier molecular flexibility index (Phi) is 3.31. The van der Waals surface area contributed by atoms with Gasteiger partial charge in [-0.05, 0) is 17.7 Å². The average Bonchev–Trinajstić information content (AvgIpc) is 2.83. The molecular formula is C12H8F3N3O2. The van der Waals surface area contributed by atoms with Crippen LogP contribution in [0.1, 0.15) is 21.6 Å². The lowest BCUT2D eigenvalue weighted by atomic mass is 10.2. The number of aromatic nitrogens is 2. The lowest BCUT2D eigenvalue weighted by Crippen LogP contribution is -2.17. The molecule has 0 saturated carbocycles. The monoisotopic (exact) mass is 283 g/mol. The summed E-state index contributed by atoms with van der Waals surface area (Å²) < 4.78 is 39.4. The highest BCUT2D eigenvalue weighted by atomic mass is 19.4. The summed E-state index contributed by atoms with van der Waals surface area (Å²) in [6, 6.07) is 5.53. The Morgan fingerprint density at radius 2 is 1.90 bits per heavy atom. The third-order valence-electron chi connectivity index (χ3n) is 2.57. The first-order valence-corrected chi connectivity index (χ1v) is 5.34.